The van der Waals surface area contributed by atoms with Gasteiger partial charge in [-0.1, -0.05) is 48.5 Å². The fraction of sp³-hybridized carbons (Fsp3) is 0.143. The average molecular weight is 1110 g/mol. The second-order valence-corrected chi connectivity index (χ2v) is 21.1. The van der Waals surface area contributed by atoms with E-state index in [1.54, 1.807) is 6.07 Å². The topological polar surface area (TPSA) is 40.1 Å². The van der Waals surface area contributed by atoms with Crippen molar-refractivity contribution in [3.63, 3.8) is 0 Å². The van der Waals surface area contributed by atoms with Crippen molar-refractivity contribution in [2.75, 3.05) is 4.81 Å². The first-order chi connectivity index (χ1) is 37.6. The molecule has 1 aliphatic heterocycles. The number of hydrogen-bond acceptors (Lipinski definition) is 3. The van der Waals surface area contributed by atoms with E-state index in [0.29, 0.717) is 49.3 Å². The second kappa shape index (κ2) is 17.1. The van der Waals surface area contributed by atoms with Crippen LogP contribution in [0.4, 0.5) is 11.5 Å². The standard InChI is InChI=1S/C63H52BN5O.Pt/c1-42-35-52(43-21-10-8-11-22-43)60(53(36-42)44-37-45(62(2,3)4)39-46(38-44)63(5,6)7)67-41-66(55-30-16-17-31-56(55)67)48-25-18-26-49(40-48)70-59-34-20-33-58(65-59)68-57-32-19-28-51-50-27-14-15-29-54(50)69(61(51)57)64(68)47-23-12-9-13-24-47;/h8-31,33-39H,1-7H3;/q-2;/i1D3,8D,10D,11D,21D,22D;. The summed E-state index contributed by atoms with van der Waals surface area (Å²) >= 11 is 2.26. The van der Waals surface area contributed by atoms with Gasteiger partial charge in [-0.15, -0.1) is 5.39 Å². The Morgan fingerprint density at radius 1 is 0.648 bits per heavy atom. The van der Waals surface area contributed by atoms with Gasteiger partial charge in [-0.3, -0.25) is 0 Å². The van der Waals surface area contributed by atoms with Crippen molar-refractivity contribution in [2.45, 2.75) is 59.2 Å². The van der Waals surface area contributed by atoms with Gasteiger partial charge < -0.3 is 0 Å². The summed E-state index contributed by atoms with van der Waals surface area (Å²) in [7, 11) is 0. The zero-order valence-electron chi connectivity index (χ0n) is 48.0. The number of benzene rings is 8. The zero-order valence-corrected chi connectivity index (χ0v) is 42.3. The van der Waals surface area contributed by atoms with Crippen molar-refractivity contribution in [2.24, 2.45) is 0 Å². The van der Waals surface area contributed by atoms with Crippen molar-refractivity contribution < 1.29 is 35.1 Å². The van der Waals surface area contributed by atoms with Crippen LogP contribution < -0.4 is 15.0 Å². The van der Waals surface area contributed by atoms with Gasteiger partial charge >= 0.3 is 357 Å². The molecule has 350 valence electrons. The molecular weight excluding hydrogens is 1050 g/mol. The quantitative estimate of drug-likeness (QED) is 0.112. The number of aryl methyl sites for hydroxylation is 1. The minimum atomic E-state index is -2.65. The summed E-state index contributed by atoms with van der Waals surface area (Å²) in [6.45, 7) is 9.90. The van der Waals surface area contributed by atoms with E-state index in [4.69, 9.17) is 17.9 Å². The normalized spacial score (nSPS) is 14.5. The van der Waals surface area contributed by atoms with Crippen LogP contribution in [0.25, 0.3) is 66.5 Å². The van der Waals surface area contributed by atoms with Gasteiger partial charge in [-0.25, -0.2) is 0 Å². The van der Waals surface area contributed by atoms with E-state index < -0.39 is 37.1 Å². The average Bonchev–Trinajstić information content (AvgIpc) is 3.78. The molecule has 0 saturated carbocycles. The number of para-hydroxylation sites is 3. The number of aromatic nitrogens is 4. The van der Waals surface area contributed by atoms with Gasteiger partial charge in [0.25, 0.3) is 0 Å². The van der Waals surface area contributed by atoms with Crippen molar-refractivity contribution in [3.05, 3.63) is 221 Å². The molecule has 0 unspecified atom stereocenters. The molecule has 1 aliphatic rings. The summed E-state index contributed by atoms with van der Waals surface area (Å²) in [5.41, 5.74) is 9.31. The maximum atomic E-state index is 9.37. The van der Waals surface area contributed by atoms with E-state index in [2.05, 4.69) is 155 Å². The first-order valence-corrected chi connectivity index (χ1v) is 24.8. The Hall–Kier alpha value is -7.47. The zero-order chi connectivity index (χ0) is 55.6. The van der Waals surface area contributed by atoms with E-state index in [1.165, 1.54) is 11.5 Å². The number of anilines is 2. The van der Waals surface area contributed by atoms with Crippen LogP contribution in [0.15, 0.2) is 188 Å². The van der Waals surface area contributed by atoms with Crippen LogP contribution in [0, 0.1) is 22.8 Å². The number of ether oxygens (including phenoxy) is 1. The van der Waals surface area contributed by atoms with Crippen LogP contribution >= 0.6 is 0 Å². The Balaban J connectivity index is 1.04. The number of fused-ring (bicyclic) bond motifs is 4. The third kappa shape index (κ3) is 7.70. The number of imidazole rings is 1. The molecule has 11 aromatic rings. The molecular formula is C63H52BN5OPt-2. The van der Waals surface area contributed by atoms with Gasteiger partial charge in [0.1, 0.15) is 0 Å². The van der Waals surface area contributed by atoms with Crippen LogP contribution in [0.3, 0.4) is 0 Å². The second-order valence-electron chi connectivity index (χ2n) is 20.1. The maximum absolute atomic E-state index is 9.37. The van der Waals surface area contributed by atoms with Crippen molar-refractivity contribution >= 4 is 56.8 Å². The molecule has 12 rings (SSSR count). The third-order valence-electron chi connectivity index (χ3n) is 13.4. The number of pyridine rings is 1. The summed E-state index contributed by atoms with van der Waals surface area (Å²) in [4.78, 5) is 7.39. The molecule has 0 N–H and O–H groups in total. The summed E-state index contributed by atoms with van der Waals surface area (Å²) in [5.74, 6) is 1.41. The molecule has 71 heavy (non-hydrogen) atoms. The summed E-state index contributed by atoms with van der Waals surface area (Å²) in [5, 5.41) is 2.31. The van der Waals surface area contributed by atoms with Gasteiger partial charge in [0.15, 0.2) is 0 Å². The predicted octanol–water partition coefficient (Wildman–Crippen LogP) is 15.0. The van der Waals surface area contributed by atoms with E-state index in [1.807, 2.05) is 81.9 Å². The molecule has 0 amide bonds. The Labute approximate surface area is 438 Å². The minimum absolute atomic E-state index is 0.0415. The molecule has 0 atom stereocenters. The first kappa shape index (κ1) is 36.5. The van der Waals surface area contributed by atoms with Gasteiger partial charge in [0.2, 0.25) is 0 Å². The van der Waals surface area contributed by atoms with Crippen molar-refractivity contribution in [3.8, 4) is 45.3 Å². The van der Waals surface area contributed by atoms with Crippen LogP contribution in [0.1, 0.15) is 69.2 Å². The van der Waals surface area contributed by atoms with Crippen LogP contribution in [-0.2, 0) is 30.2 Å². The Morgan fingerprint density at radius 2 is 1.31 bits per heavy atom. The number of rotatable bonds is 8. The van der Waals surface area contributed by atoms with Crippen molar-refractivity contribution in [1.29, 1.82) is 0 Å². The van der Waals surface area contributed by atoms with Crippen LogP contribution in [-0.4, -0.2) is 25.6 Å². The molecule has 4 heterocycles. The van der Waals surface area contributed by atoms with Gasteiger partial charge in [0.05, 0.1) is 0 Å². The van der Waals surface area contributed by atoms with Crippen LogP contribution in [0.5, 0.6) is 11.6 Å². The first-order valence-electron chi connectivity index (χ1n) is 27.7. The SMILES string of the molecule is [2H]c1c([2H])c([2H])c(-c2cc(C([2H])([2H])[2H])cc(-c3cc(C(C)(C)C)cc(C(C)(C)C)c3)c2-n2[c](=[Pt])n(-c3[c-]c(Oc4cccc(N5B(c6ccccc6)n6c7ccccc7c7cc[c-]c5c76)n4)ccc3)c3ccccc32)c([2H])c1[2H]. The fourth-order valence-electron chi connectivity index (χ4n) is 10.0. The number of hydrogen-bond donors (Lipinski definition) is 0. The molecule has 3 aromatic heterocycles. The van der Waals surface area contributed by atoms with E-state index in [9.17, 15) is 2.74 Å². The van der Waals surface area contributed by atoms with E-state index >= 15 is 0 Å². The molecule has 0 bridgehead atoms. The van der Waals surface area contributed by atoms with Gasteiger partial charge in [-0.05, 0) is 11.5 Å². The van der Waals surface area contributed by atoms with E-state index in [-0.39, 0.29) is 34.5 Å². The Bertz CT molecular complexity index is 4300. The molecule has 0 radical (unpaired) electrons. The molecule has 8 heteroatoms. The molecule has 8 aromatic carbocycles. The molecule has 0 saturated heterocycles. The monoisotopic (exact) mass is 1110 g/mol. The molecule has 0 fully saturated rings. The Kier molecular flexibility index (Phi) is 8.80. The summed E-state index contributed by atoms with van der Waals surface area (Å²) in [6, 6.07) is 56.2. The van der Waals surface area contributed by atoms with Crippen LogP contribution in [0.2, 0.25) is 0 Å². The fourth-order valence-corrected chi connectivity index (χ4v) is 11.1. The number of nitrogens with zero attached hydrogens (tertiary/aromatic N) is 5. The summed E-state index contributed by atoms with van der Waals surface area (Å²) < 4.78 is 85.2. The van der Waals surface area contributed by atoms with E-state index in [0.717, 1.165) is 44.2 Å². The molecule has 0 aliphatic carbocycles. The summed E-state index contributed by atoms with van der Waals surface area (Å²) in [6.07, 6.45) is 0. The Morgan fingerprint density at radius 3 is 2.03 bits per heavy atom. The van der Waals surface area contributed by atoms with Gasteiger partial charge in [0, 0.05) is 5.52 Å². The third-order valence-corrected chi connectivity index (χ3v) is 14.4. The van der Waals surface area contributed by atoms with Gasteiger partial charge in [-0.2, -0.15) is 12.1 Å². The molecule has 0 spiro atoms. The van der Waals surface area contributed by atoms with Crippen molar-refractivity contribution in [1.82, 2.24) is 18.6 Å². The molecule has 6 nitrogen and oxygen atoms in total. The predicted molar refractivity (Wildman–Crippen MR) is 290 cm³/mol.